The van der Waals surface area contributed by atoms with Gasteiger partial charge in [-0.15, -0.1) is 0 Å². The van der Waals surface area contributed by atoms with Crippen molar-refractivity contribution < 1.29 is 13.0 Å². The third kappa shape index (κ3) is 1.68. The summed E-state index contributed by atoms with van der Waals surface area (Å²) >= 11 is 0. The first-order valence-electron chi connectivity index (χ1n) is 4.45. The molecule has 2 aromatic rings. The molecule has 0 bridgehead atoms. The predicted molar refractivity (Wildman–Crippen MR) is 62.6 cm³/mol. The normalized spacial score (nSPS) is 11.8. The fourth-order valence-electron chi connectivity index (χ4n) is 1.59. The van der Waals surface area contributed by atoms with E-state index >= 15 is 0 Å². The van der Waals surface area contributed by atoms with Gasteiger partial charge in [0.05, 0.1) is 0 Å². The van der Waals surface area contributed by atoms with Crippen molar-refractivity contribution in [1.82, 2.24) is 0 Å². The van der Waals surface area contributed by atoms with Crippen molar-refractivity contribution in [2.45, 2.75) is 4.90 Å². The van der Waals surface area contributed by atoms with Crippen LogP contribution in [-0.4, -0.2) is 13.0 Å². The Balaban J connectivity index is 2.96. The molecule has 0 heterocycles. The molecule has 0 aliphatic heterocycles. The molecule has 0 spiro atoms. The van der Waals surface area contributed by atoms with Crippen molar-refractivity contribution in [2.24, 2.45) is 0 Å². The van der Waals surface area contributed by atoms with E-state index in [1.165, 1.54) is 18.2 Å². The van der Waals surface area contributed by atoms with E-state index in [0.717, 1.165) is 0 Å². The zero-order chi connectivity index (χ0) is 11.9. The van der Waals surface area contributed by atoms with Gasteiger partial charge >= 0.3 is 0 Å². The van der Waals surface area contributed by atoms with Gasteiger partial charge in [-0.25, -0.2) is 0 Å². The second-order valence-corrected chi connectivity index (χ2v) is 4.82. The quantitative estimate of drug-likeness (QED) is 0.512. The third-order valence-electron chi connectivity index (χ3n) is 2.31. The molecule has 0 saturated heterocycles. The first-order valence-corrected chi connectivity index (χ1v) is 5.89. The molecular formula is C10H10N2O3S. The lowest BCUT2D eigenvalue weighted by Gasteiger charge is -2.07. The van der Waals surface area contributed by atoms with Gasteiger partial charge in [-0.1, -0.05) is 6.07 Å². The topological polar surface area (TPSA) is 106 Å². The number of benzene rings is 2. The predicted octanol–water partition coefficient (Wildman–Crippen LogP) is 1.25. The Kier molecular flexibility index (Phi) is 2.25. The van der Waals surface area contributed by atoms with Crippen LogP contribution >= 0.6 is 0 Å². The molecule has 0 aliphatic rings. The molecule has 0 fully saturated rings. The van der Waals surface area contributed by atoms with Gasteiger partial charge in [0.15, 0.2) is 0 Å². The first kappa shape index (κ1) is 10.7. The molecule has 0 radical (unpaired) electrons. The summed E-state index contributed by atoms with van der Waals surface area (Å²) in [5, 5.41) is 0.867. The Labute approximate surface area is 92.4 Å². The van der Waals surface area contributed by atoms with Gasteiger partial charge in [-0.2, -0.15) is 8.42 Å². The van der Waals surface area contributed by atoms with Crippen LogP contribution in [0.2, 0.25) is 0 Å². The average Bonchev–Trinajstić information content (AvgIpc) is 2.17. The van der Waals surface area contributed by atoms with Gasteiger partial charge in [0.2, 0.25) is 0 Å². The first-order chi connectivity index (χ1) is 7.39. The summed E-state index contributed by atoms with van der Waals surface area (Å²) in [6.45, 7) is 0. The lowest BCUT2D eigenvalue weighted by atomic mass is 10.1. The van der Waals surface area contributed by atoms with Crippen molar-refractivity contribution in [3.8, 4) is 0 Å². The van der Waals surface area contributed by atoms with E-state index in [-0.39, 0.29) is 4.90 Å². The van der Waals surface area contributed by atoms with Crippen molar-refractivity contribution in [3.05, 3.63) is 30.3 Å². The standard InChI is InChI=1S/C10H10N2O3S/c11-6-1-2-7-8(5-6)9(12)3-4-10(7)16(13,14)15/h1-5H,11-12H2,(H,13,14,15). The summed E-state index contributed by atoms with van der Waals surface area (Å²) in [5.74, 6) is 0. The Morgan fingerprint density at radius 3 is 2.31 bits per heavy atom. The monoisotopic (exact) mass is 238 g/mol. The zero-order valence-electron chi connectivity index (χ0n) is 8.21. The molecule has 0 saturated carbocycles. The molecule has 0 unspecified atom stereocenters. The van der Waals surface area contributed by atoms with Crippen LogP contribution in [0.5, 0.6) is 0 Å². The van der Waals surface area contributed by atoms with E-state index in [1.807, 2.05) is 0 Å². The third-order valence-corrected chi connectivity index (χ3v) is 3.22. The maximum absolute atomic E-state index is 11.1. The lowest BCUT2D eigenvalue weighted by Crippen LogP contribution is -2.00. The van der Waals surface area contributed by atoms with Crippen molar-refractivity contribution >= 4 is 32.3 Å². The maximum Gasteiger partial charge on any atom is 0.295 e. The van der Waals surface area contributed by atoms with E-state index in [1.54, 1.807) is 12.1 Å². The molecule has 5 N–H and O–H groups in total. The molecule has 2 aromatic carbocycles. The van der Waals surface area contributed by atoms with Crippen molar-refractivity contribution in [3.63, 3.8) is 0 Å². The highest BCUT2D eigenvalue weighted by Gasteiger charge is 2.14. The van der Waals surface area contributed by atoms with Crippen LogP contribution < -0.4 is 11.5 Å². The number of hydrogen-bond donors (Lipinski definition) is 3. The highest BCUT2D eigenvalue weighted by molar-refractivity contribution is 7.86. The summed E-state index contributed by atoms with van der Waals surface area (Å²) in [4.78, 5) is -0.170. The van der Waals surface area contributed by atoms with Crippen molar-refractivity contribution in [1.29, 1.82) is 0 Å². The minimum atomic E-state index is -4.26. The molecule has 0 amide bonds. The molecule has 84 valence electrons. The summed E-state index contributed by atoms with van der Waals surface area (Å²) in [6.07, 6.45) is 0. The van der Waals surface area contributed by atoms with Crippen LogP contribution in [0.15, 0.2) is 35.2 Å². The minimum absolute atomic E-state index is 0.170. The average molecular weight is 238 g/mol. The fourth-order valence-corrected chi connectivity index (χ4v) is 2.28. The molecule has 5 nitrogen and oxygen atoms in total. The Morgan fingerprint density at radius 2 is 1.69 bits per heavy atom. The van der Waals surface area contributed by atoms with Crippen LogP contribution in [0.25, 0.3) is 10.8 Å². The Hall–Kier alpha value is -1.79. The van der Waals surface area contributed by atoms with Gasteiger partial charge in [-0.3, -0.25) is 4.55 Å². The number of anilines is 2. The van der Waals surface area contributed by atoms with Gasteiger partial charge < -0.3 is 11.5 Å². The highest BCUT2D eigenvalue weighted by Crippen LogP contribution is 2.29. The largest absolute Gasteiger partial charge is 0.399 e. The van der Waals surface area contributed by atoms with Crippen LogP contribution in [-0.2, 0) is 10.1 Å². The smallest absolute Gasteiger partial charge is 0.295 e. The van der Waals surface area contributed by atoms with Crippen LogP contribution in [0, 0.1) is 0 Å². The Bertz CT molecular complexity index is 665. The number of fused-ring (bicyclic) bond motifs is 1. The van der Waals surface area contributed by atoms with Gasteiger partial charge in [0.1, 0.15) is 4.90 Å². The fraction of sp³-hybridized carbons (Fsp3) is 0. The molecule has 0 aliphatic carbocycles. The van der Waals surface area contributed by atoms with E-state index in [9.17, 15) is 8.42 Å². The number of hydrogen-bond acceptors (Lipinski definition) is 4. The van der Waals surface area contributed by atoms with Crippen molar-refractivity contribution in [2.75, 3.05) is 11.5 Å². The van der Waals surface area contributed by atoms with E-state index in [0.29, 0.717) is 22.1 Å². The molecule has 6 heteroatoms. The zero-order valence-corrected chi connectivity index (χ0v) is 9.03. The van der Waals surface area contributed by atoms with Gasteiger partial charge in [0.25, 0.3) is 10.1 Å². The lowest BCUT2D eigenvalue weighted by molar-refractivity contribution is 0.484. The molecule has 16 heavy (non-hydrogen) atoms. The SMILES string of the molecule is Nc1ccc2c(S(=O)(=O)O)ccc(N)c2c1. The highest BCUT2D eigenvalue weighted by atomic mass is 32.2. The molecular weight excluding hydrogens is 228 g/mol. The molecule has 0 atom stereocenters. The maximum atomic E-state index is 11.1. The van der Waals surface area contributed by atoms with Crippen LogP contribution in [0.3, 0.4) is 0 Å². The van der Waals surface area contributed by atoms with E-state index in [2.05, 4.69) is 0 Å². The summed E-state index contributed by atoms with van der Waals surface area (Å²) in [5.41, 5.74) is 12.2. The van der Waals surface area contributed by atoms with Crippen LogP contribution in [0.4, 0.5) is 11.4 Å². The number of nitrogen functional groups attached to an aromatic ring is 2. The minimum Gasteiger partial charge on any atom is -0.399 e. The summed E-state index contributed by atoms with van der Waals surface area (Å²) < 4.78 is 31.3. The van der Waals surface area contributed by atoms with Crippen LogP contribution in [0.1, 0.15) is 0 Å². The molecule has 0 aromatic heterocycles. The van der Waals surface area contributed by atoms with E-state index in [4.69, 9.17) is 16.0 Å². The van der Waals surface area contributed by atoms with Gasteiger partial charge in [0, 0.05) is 22.1 Å². The van der Waals surface area contributed by atoms with E-state index < -0.39 is 10.1 Å². The molecule has 2 rings (SSSR count). The van der Waals surface area contributed by atoms with Gasteiger partial charge in [-0.05, 0) is 24.3 Å². The summed E-state index contributed by atoms with van der Waals surface area (Å²) in [6, 6.07) is 7.33. The number of nitrogens with two attached hydrogens (primary N) is 2. The summed E-state index contributed by atoms with van der Waals surface area (Å²) in [7, 11) is -4.26. The number of rotatable bonds is 1. The Morgan fingerprint density at radius 1 is 1.00 bits per heavy atom. The second-order valence-electron chi connectivity index (χ2n) is 3.43. The second kappa shape index (κ2) is 3.36.